The quantitative estimate of drug-likeness (QED) is 0.649. The molecular formula is C15H16BrFN2O. The second-order valence-electron chi connectivity index (χ2n) is 4.38. The molecular weight excluding hydrogens is 323 g/mol. The largest absolute Gasteiger partial charge is 0.496 e. The van der Waals surface area contributed by atoms with Crippen LogP contribution in [0, 0.1) is 5.82 Å². The third kappa shape index (κ3) is 3.17. The van der Waals surface area contributed by atoms with Crippen LogP contribution in [0.1, 0.15) is 17.2 Å². The van der Waals surface area contributed by atoms with E-state index in [-0.39, 0.29) is 11.9 Å². The van der Waals surface area contributed by atoms with Crippen molar-refractivity contribution >= 4 is 15.9 Å². The molecule has 2 aromatic rings. The van der Waals surface area contributed by atoms with Gasteiger partial charge in [0.15, 0.2) is 0 Å². The highest BCUT2D eigenvalue weighted by atomic mass is 79.9. The summed E-state index contributed by atoms with van der Waals surface area (Å²) in [5.41, 5.74) is 4.55. The fourth-order valence-corrected chi connectivity index (χ4v) is 2.57. The normalized spacial score (nSPS) is 12.2. The molecule has 0 aliphatic rings. The highest BCUT2D eigenvalue weighted by Crippen LogP contribution is 2.30. The number of hydrogen-bond donors (Lipinski definition) is 2. The summed E-state index contributed by atoms with van der Waals surface area (Å²) >= 11 is 3.27. The highest BCUT2D eigenvalue weighted by molar-refractivity contribution is 9.10. The molecule has 0 aromatic heterocycles. The molecule has 2 rings (SSSR count). The lowest BCUT2D eigenvalue weighted by Gasteiger charge is -2.19. The summed E-state index contributed by atoms with van der Waals surface area (Å²) in [5, 5.41) is 0. The Labute approximate surface area is 126 Å². The van der Waals surface area contributed by atoms with E-state index >= 15 is 0 Å². The zero-order chi connectivity index (χ0) is 14.5. The Morgan fingerprint density at radius 1 is 1.25 bits per heavy atom. The zero-order valence-corrected chi connectivity index (χ0v) is 12.7. The second-order valence-corrected chi connectivity index (χ2v) is 5.17. The second kappa shape index (κ2) is 6.83. The first kappa shape index (κ1) is 15.0. The number of nitrogens with one attached hydrogen (secondary N) is 1. The van der Waals surface area contributed by atoms with Gasteiger partial charge in [0.1, 0.15) is 11.6 Å². The fraction of sp³-hybridized carbons (Fsp3) is 0.200. The van der Waals surface area contributed by atoms with E-state index in [0.717, 1.165) is 16.9 Å². The molecule has 2 aromatic carbocycles. The smallest absolute Gasteiger partial charge is 0.137 e. The first-order valence-electron chi connectivity index (χ1n) is 6.19. The highest BCUT2D eigenvalue weighted by Gasteiger charge is 2.17. The zero-order valence-electron chi connectivity index (χ0n) is 11.1. The molecule has 0 saturated heterocycles. The maximum atomic E-state index is 13.6. The Kier molecular flexibility index (Phi) is 5.11. The first-order chi connectivity index (χ1) is 9.67. The molecule has 0 spiro atoms. The number of para-hydroxylation sites is 1. The van der Waals surface area contributed by atoms with Crippen molar-refractivity contribution in [3.8, 4) is 5.75 Å². The Morgan fingerprint density at radius 2 is 2.00 bits per heavy atom. The molecule has 0 amide bonds. The molecule has 0 fully saturated rings. The van der Waals surface area contributed by atoms with Crippen LogP contribution in [0.2, 0.25) is 0 Å². The van der Waals surface area contributed by atoms with Crippen LogP contribution in [0.4, 0.5) is 4.39 Å². The van der Waals surface area contributed by atoms with Gasteiger partial charge in [-0.15, -0.1) is 0 Å². The monoisotopic (exact) mass is 338 g/mol. The van der Waals surface area contributed by atoms with Crippen LogP contribution in [0.15, 0.2) is 46.9 Å². The fourth-order valence-electron chi connectivity index (χ4n) is 2.14. The summed E-state index contributed by atoms with van der Waals surface area (Å²) < 4.78 is 19.4. The minimum Gasteiger partial charge on any atom is -0.496 e. The van der Waals surface area contributed by atoms with Gasteiger partial charge >= 0.3 is 0 Å². The third-order valence-corrected chi connectivity index (χ3v) is 4.06. The Morgan fingerprint density at radius 3 is 2.70 bits per heavy atom. The van der Waals surface area contributed by atoms with Gasteiger partial charge in [-0.3, -0.25) is 11.3 Å². The molecule has 3 nitrogen and oxygen atoms in total. The van der Waals surface area contributed by atoms with E-state index in [1.54, 1.807) is 13.2 Å². The Hall–Kier alpha value is -1.43. The van der Waals surface area contributed by atoms with Gasteiger partial charge in [0.2, 0.25) is 0 Å². The van der Waals surface area contributed by atoms with E-state index in [0.29, 0.717) is 10.9 Å². The molecule has 0 radical (unpaired) electrons. The van der Waals surface area contributed by atoms with E-state index in [4.69, 9.17) is 10.6 Å². The van der Waals surface area contributed by atoms with Crippen molar-refractivity contribution in [1.29, 1.82) is 0 Å². The number of ether oxygens (including phenoxy) is 1. The van der Waals surface area contributed by atoms with Crippen molar-refractivity contribution in [2.45, 2.75) is 12.5 Å². The van der Waals surface area contributed by atoms with Gasteiger partial charge in [-0.25, -0.2) is 4.39 Å². The molecule has 20 heavy (non-hydrogen) atoms. The van der Waals surface area contributed by atoms with Gasteiger partial charge in [-0.1, -0.05) is 30.3 Å². The number of methoxy groups -OCH3 is 1. The van der Waals surface area contributed by atoms with Gasteiger partial charge in [0.25, 0.3) is 0 Å². The molecule has 5 heteroatoms. The van der Waals surface area contributed by atoms with Crippen LogP contribution in [-0.4, -0.2) is 7.11 Å². The van der Waals surface area contributed by atoms with Crippen LogP contribution in [0.25, 0.3) is 0 Å². The Balaban J connectivity index is 2.31. The van der Waals surface area contributed by atoms with Gasteiger partial charge in [-0.2, -0.15) is 0 Å². The van der Waals surface area contributed by atoms with E-state index in [1.807, 2.05) is 30.3 Å². The number of benzene rings is 2. The summed E-state index contributed by atoms with van der Waals surface area (Å²) in [6, 6.07) is 12.4. The van der Waals surface area contributed by atoms with Gasteiger partial charge in [0.05, 0.1) is 17.6 Å². The summed E-state index contributed by atoms with van der Waals surface area (Å²) in [5.74, 6) is 6.12. The van der Waals surface area contributed by atoms with Gasteiger partial charge in [0, 0.05) is 5.56 Å². The lowest BCUT2D eigenvalue weighted by molar-refractivity contribution is 0.399. The molecule has 0 heterocycles. The molecule has 0 aliphatic heterocycles. The third-order valence-electron chi connectivity index (χ3n) is 3.17. The first-order valence-corrected chi connectivity index (χ1v) is 6.98. The van der Waals surface area contributed by atoms with Crippen molar-refractivity contribution in [1.82, 2.24) is 5.43 Å². The number of rotatable bonds is 5. The van der Waals surface area contributed by atoms with Gasteiger partial charge < -0.3 is 4.74 Å². The molecule has 1 unspecified atom stereocenters. The number of hydrogen-bond acceptors (Lipinski definition) is 3. The SMILES string of the molecule is COc1ccccc1C(Cc1cccc(F)c1Br)NN. The van der Waals surface area contributed by atoms with E-state index in [1.165, 1.54) is 6.07 Å². The van der Waals surface area contributed by atoms with Crippen molar-refractivity contribution in [2.75, 3.05) is 7.11 Å². The minimum atomic E-state index is -0.279. The molecule has 0 aliphatic carbocycles. The number of hydrazine groups is 1. The molecule has 0 bridgehead atoms. The number of halogens is 2. The number of nitrogens with two attached hydrogens (primary N) is 1. The summed E-state index contributed by atoms with van der Waals surface area (Å²) in [6.45, 7) is 0. The Bertz CT molecular complexity index is 592. The van der Waals surface area contributed by atoms with Crippen molar-refractivity contribution in [3.05, 3.63) is 63.9 Å². The molecule has 106 valence electrons. The lowest BCUT2D eigenvalue weighted by atomic mass is 9.98. The predicted molar refractivity (Wildman–Crippen MR) is 80.9 cm³/mol. The maximum Gasteiger partial charge on any atom is 0.137 e. The van der Waals surface area contributed by atoms with Crippen LogP contribution in [0.3, 0.4) is 0 Å². The molecule has 1 atom stereocenters. The average Bonchev–Trinajstić information content (AvgIpc) is 2.49. The van der Waals surface area contributed by atoms with E-state index < -0.39 is 0 Å². The predicted octanol–water partition coefficient (Wildman–Crippen LogP) is 3.34. The maximum absolute atomic E-state index is 13.6. The molecule has 0 saturated carbocycles. The van der Waals surface area contributed by atoms with E-state index in [2.05, 4.69) is 21.4 Å². The summed E-state index contributed by atoms with van der Waals surface area (Å²) in [6.07, 6.45) is 0.551. The minimum absolute atomic E-state index is 0.163. The van der Waals surface area contributed by atoms with E-state index in [9.17, 15) is 4.39 Å². The van der Waals surface area contributed by atoms with Crippen LogP contribution in [-0.2, 0) is 6.42 Å². The average molecular weight is 339 g/mol. The standard InChI is InChI=1S/C15H16BrFN2O/c1-20-14-8-3-2-6-11(14)13(19-18)9-10-5-4-7-12(17)15(10)16/h2-8,13,19H,9,18H2,1H3. The van der Waals surface area contributed by atoms with Gasteiger partial charge in [-0.05, 0) is 40.0 Å². The van der Waals surface area contributed by atoms with Crippen molar-refractivity contribution < 1.29 is 9.13 Å². The van der Waals surface area contributed by atoms with Crippen molar-refractivity contribution in [3.63, 3.8) is 0 Å². The van der Waals surface area contributed by atoms with Crippen molar-refractivity contribution in [2.24, 2.45) is 5.84 Å². The molecule has 3 N–H and O–H groups in total. The summed E-state index contributed by atoms with van der Waals surface area (Å²) in [7, 11) is 1.62. The van der Waals surface area contributed by atoms with Crippen LogP contribution in [0.5, 0.6) is 5.75 Å². The van der Waals surface area contributed by atoms with Crippen LogP contribution < -0.4 is 16.0 Å². The summed E-state index contributed by atoms with van der Waals surface area (Å²) in [4.78, 5) is 0. The topological polar surface area (TPSA) is 47.3 Å². The lowest BCUT2D eigenvalue weighted by Crippen LogP contribution is -2.30. The van der Waals surface area contributed by atoms with Crippen LogP contribution >= 0.6 is 15.9 Å².